The van der Waals surface area contributed by atoms with Gasteiger partial charge in [0.1, 0.15) is 4.83 Å². The highest BCUT2D eigenvalue weighted by Crippen LogP contribution is 2.28. The van der Waals surface area contributed by atoms with Gasteiger partial charge in [-0.05, 0) is 55.7 Å². The van der Waals surface area contributed by atoms with Crippen LogP contribution in [0, 0.1) is 13.8 Å². The monoisotopic (exact) mass is 461 g/mol. The molecule has 1 N–H and O–H groups in total. The maximum absolute atomic E-state index is 13.2. The van der Waals surface area contributed by atoms with E-state index in [9.17, 15) is 14.4 Å². The molecule has 2 aromatic heterocycles. The number of rotatable bonds is 6. The molecule has 8 heteroatoms. The topological polar surface area (TPSA) is 90.3 Å². The lowest BCUT2D eigenvalue weighted by molar-refractivity contribution is 0.0526. The summed E-state index contributed by atoms with van der Waals surface area (Å²) in [6.07, 6.45) is 1.47. The molecule has 0 aliphatic heterocycles. The SMILES string of the molecule is CCOC(=O)c1cccc(Cn2cnc3sc(C(=O)Nc4ccccc4C)c(C)c3c2=O)c1. The molecule has 0 atom stereocenters. The largest absolute Gasteiger partial charge is 0.462 e. The summed E-state index contributed by atoms with van der Waals surface area (Å²) in [5.74, 6) is -0.670. The Morgan fingerprint density at radius 2 is 1.91 bits per heavy atom. The standard InChI is InChI=1S/C25H23N3O4S/c1-4-32-25(31)18-10-7-9-17(12-18)13-28-14-26-23-20(24(28)30)16(3)21(33-23)22(29)27-19-11-6-5-8-15(19)2/h5-12,14H,4,13H2,1-3H3,(H,27,29). The van der Waals surface area contributed by atoms with E-state index in [1.807, 2.05) is 37.3 Å². The number of fused-ring (bicyclic) bond motifs is 1. The lowest BCUT2D eigenvalue weighted by Gasteiger charge is -2.08. The number of nitrogens with one attached hydrogen (secondary N) is 1. The van der Waals surface area contributed by atoms with Crippen molar-refractivity contribution in [3.8, 4) is 0 Å². The van der Waals surface area contributed by atoms with Gasteiger partial charge in [-0.3, -0.25) is 14.2 Å². The van der Waals surface area contributed by atoms with Crippen molar-refractivity contribution >= 4 is 39.1 Å². The fraction of sp³-hybridized carbons (Fsp3) is 0.200. The van der Waals surface area contributed by atoms with Crippen molar-refractivity contribution in [1.82, 2.24) is 9.55 Å². The highest BCUT2D eigenvalue weighted by atomic mass is 32.1. The molecule has 0 unspecified atom stereocenters. The van der Waals surface area contributed by atoms with Crippen LogP contribution in [0.1, 0.15) is 43.6 Å². The van der Waals surface area contributed by atoms with Gasteiger partial charge in [-0.15, -0.1) is 11.3 Å². The third kappa shape index (κ3) is 4.56. The molecule has 33 heavy (non-hydrogen) atoms. The van der Waals surface area contributed by atoms with Gasteiger partial charge in [-0.2, -0.15) is 0 Å². The molecule has 0 saturated heterocycles. The molecule has 7 nitrogen and oxygen atoms in total. The minimum Gasteiger partial charge on any atom is -0.462 e. The van der Waals surface area contributed by atoms with Crippen LogP contribution >= 0.6 is 11.3 Å². The second-order valence-corrected chi connectivity index (χ2v) is 8.60. The third-order valence-corrected chi connectivity index (χ3v) is 6.51. The number of esters is 1. The van der Waals surface area contributed by atoms with Gasteiger partial charge in [0, 0.05) is 5.69 Å². The number of benzene rings is 2. The molecular formula is C25H23N3O4S. The first kappa shape index (κ1) is 22.4. The molecule has 0 bridgehead atoms. The van der Waals surface area contributed by atoms with Crippen molar-refractivity contribution in [3.63, 3.8) is 0 Å². The van der Waals surface area contributed by atoms with Crippen LogP contribution in [0.25, 0.3) is 10.2 Å². The fourth-order valence-corrected chi connectivity index (χ4v) is 4.62. The average Bonchev–Trinajstić information content (AvgIpc) is 3.15. The van der Waals surface area contributed by atoms with E-state index in [4.69, 9.17) is 4.74 Å². The normalized spacial score (nSPS) is 10.9. The quantitative estimate of drug-likeness (QED) is 0.426. The first-order valence-electron chi connectivity index (χ1n) is 10.5. The minimum absolute atomic E-state index is 0.231. The number of carbonyl (C=O) groups is 2. The molecule has 2 aromatic carbocycles. The number of amides is 1. The van der Waals surface area contributed by atoms with E-state index in [-0.39, 0.29) is 18.0 Å². The molecule has 2 heterocycles. The van der Waals surface area contributed by atoms with Crippen molar-refractivity contribution in [2.45, 2.75) is 27.3 Å². The Kier molecular flexibility index (Phi) is 6.37. The smallest absolute Gasteiger partial charge is 0.338 e. The van der Waals surface area contributed by atoms with Crippen LogP contribution in [-0.4, -0.2) is 28.0 Å². The minimum atomic E-state index is -0.404. The average molecular weight is 462 g/mol. The van der Waals surface area contributed by atoms with Crippen LogP contribution in [0.5, 0.6) is 0 Å². The van der Waals surface area contributed by atoms with Crippen molar-refractivity contribution in [3.05, 3.63) is 92.3 Å². The van der Waals surface area contributed by atoms with Crippen molar-refractivity contribution in [2.75, 3.05) is 11.9 Å². The second-order valence-electron chi connectivity index (χ2n) is 7.60. The molecule has 4 aromatic rings. The molecule has 0 saturated carbocycles. The summed E-state index contributed by atoms with van der Waals surface area (Å²) in [5.41, 5.74) is 3.26. The van der Waals surface area contributed by atoms with Crippen molar-refractivity contribution in [2.24, 2.45) is 0 Å². The number of aromatic nitrogens is 2. The van der Waals surface area contributed by atoms with E-state index in [2.05, 4.69) is 10.3 Å². The molecule has 0 fully saturated rings. The Morgan fingerprint density at radius 3 is 2.67 bits per heavy atom. The summed E-state index contributed by atoms with van der Waals surface area (Å²) in [7, 11) is 0. The van der Waals surface area contributed by atoms with Gasteiger partial charge in [0.2, 0.25) is 0 Å². The Bertz CT molecular complexity index is 1420. The van der Waals surface area contributed by atoms with Gasteiger partial charge in [-0.1, -0.05) is 30.3 Å². The molecule has 0 aliphatic carbocycles. The van der Waals surface area contributed by atoms with Gasteiger partial charge < -0.3 is 10.1 Å². The third-order valence-electron chi connectivity index (χ3n) is 5.31. The summed E-state index contributed by atoms with van der Waals surface area (Å²) >= 11 is 1.20. The Labute approximate surface area is 194 Å². The first-order valence-corrected chi connectivity index (χ1v) is 11.3. The zero-order chi connectivity index (χ0) is 23.5. The van der Waals surface area contributed by atoms with Gasteiger partial charge in [0.15, 0.2) is 0 Å². The summed E-state index contributed by atoms with van der Waals surface area (Å²) in [6, 6.07) is 14.5. The van der Waals surface area contributed by atoms with Crippen molar-refractivity contribution in [1.29, 1.82) is 0 Å². The predicted molar refractivity (Wildman–Crippen MR) is 129 cm³/mol. The Hall–Kier alpha value is -3.78. The van der Waals surface area contributed by atoms with E-state index in [0.717, 1.165) is 16.8 Å². The number of ether oxygens (including phenoxy) is 1. The highest BCUT2D eigenvalue weighted by Gasteiger charge is 2.20. The molecule has 0 spiro atoms. The Morgan fingerprint density at radius 1 is 1.12 bits per heavy atom. The number of thiophene rings is 1. The van der Waals surface area contributed by atoms with Crippen LogP contribution in [0.15, 0.2) is 59.7 Å². The van der Waals surface area contributed by atoms with Gasteiger partial charge in [0.25, 0.3) is 11.5 Å². The molecule has 4 rings (SSSR count). The lowest BCUT2D eigenvalue weighted by atomic mass is 10.1. The van der Waals surface area contributed by atoms with Crippen LogP contribution in [-0.2, 0) is 11.3 Å². The number of para-hydroxylation sites is 1. The highest BCUT2D eigenvalue weighted by molar-refractivity contribution is 7.20. The lowest BCUT2D eigenvalue weighted by Crippen LogP contribution is -2.21. The zero-order valence-electron chi connectivity index (χ0n) is 18.5. The van der Waals surface area contributed by atoms with Gasteiger partial charge in [-0.25, -0.2) is 9.78 Å². The second kappa shape index (κ2) is 9.38. The maximum Gasteiger partial charge on any atom is 0.338 e. The van der Waals surface area contributed by atoms with E-state index in [0.29, 0.717) is 32.8 Å². The summed E-state index contributed by atoms with van der Waals surface area (Å²) in [5, 5.41) is 3.35. The molecule has 0 aliphatic rings. The van der Waals surface area contributed by atoms with E-state index >= 15 is 0 Å². The van der Waals surface area contributed by atoms with Crippen LogP contribution < -0.4 is 10.9 Å². The molecular weight excluding hydrogens is 438 g/mol. The van der Waals surface area contributed by atoms with E-state index in [1.54, 1.807) is 32.0 Å². The fourth-order valence-electron chi connectivity index (χ4n) is 3.59. The molecule has 1 amide bonds. The van der Waals surface area contributed by atoms with E-state index in [1.165, 1.54) is 22.2 Å². The van der Waals surface area contributed by atoms with E-state index < -0.39 is 5.97 Å². The number of hydrogen-bond acceptors (Lipinski definition) is 6. The number of carbonyl (C=O) groups excluding carboxylic acids is 2. The number of anilines is 1. The van der Waals surface area contributed by atoms with Crippen LogP contribution in [0.3, 0.4) is 0 Å². The van der Waals surface area contributed by atoms with Gasteiger partial charge >= 0.3 is 5.97 Å². The Balaban J connectivity index is 1.65. The molecule has 168 valence electrons. The number of nitrogens with zero attached hydrogens (tertiary/aromatic N) is 2. The number of hydrogen-bond donors (Lipinski definition) is 1. The first-order chi connectivity index (χ1) is 15.9. The van der Waals surface area contributed by atoms with Gasteiger partial charge in [0.05, 0.1) is 35.3 Å². The zero-order valence-corrected chi connectivity index (χ0v) is 19.4. The maximum atomic E-state index is 13.2. The number of aryl methyl sites for hydroxylation is 2. The summed E-state index contributed by atoms with van der Waals surface area (Å²) < 4.78 is 6.53. The predicted octanol–water partition coefficient (Wildman–Crippen LogP) is 4.55. The van der Waals surface area contributed by atoms with Crippen LogP contribution in [0.2, 0.25) is 0 Å². The molecule has 0 radical (unpaired) electrons. The van der Waals surface area contributed by atoms with Crippen LogP contribution in [0.4, 0.5) is 5.69 Å². The summed E-state index contributed by atoms with van der Waals surface area (Å²) in [6.45, 7) is 5.97. The summed E-state index contributed by atoms with van der Waals surface area (Å²) in [4.78, 5) is 43.6. The van der Waals surface area contributed by atoms with Crippen molar-refractivity contribution < 1.29 is 14.3 Å².